The third-order valence-corrected chi connectivity index (χ3v) is 5.05. The van der Waals surface area contributed by atoms with Crippen LogP contribution in [0.15, 0.2) is 30.3 Å². The molecule has 124 valence electrons. The van der Waals surface area contributed by atoms with E-state index in [9.17, 15) is 5.11 Å². The normalized spacial score (nSPS) is 16.8. The second-order valence-corrected chi connectivity index (χ2v) is 6.69. The molecule has 1 aromatic carbocycles. The predicted octanol–water partition coefficient (Wildman–Crippen LogP) is 2.75. The number of aliphatic hydroxyl groups excluding tert-OH is 1. The first-order valence-corrected chi connectivity index (χ1v) is 8.57. The molecule has 0 atom stereocenters. The Morgan fingerprint density at radius 3 is 2.43 bits per heavy atom. The summed E-state index contributed by atoms with van der Waals surface area (Å²) in [6, 6.07) is 10.5. The summed E-state index contributed by atoms with van der Waals surface area (Å²) in [5.41, 5.74) is 5.06. The Bertz CT molecular complexity index is 628. The van der Waals surface area contributed by atoms with Gasteiger partial charge in [-0.25, -0.2) is 0 Å². The average Bonchev–Trinajstić information content (AvgIpc) is 2.84. The van der Waals surface area contributed by atoms with Gasteiger partial charge >= 0.3 is 0 Å². The highest BCUT2D eigenvalue weighted by atomic mass is 16.3. The van der Waals surface area contributed by atoms with E-state index in [2.05, 4.69) is 47.7 Å². The number of benzene rings is 1. The van der Waals surface area contributed by atoms with Gasteiger partial charge in [0.05, 0.1) is 12.2 Å². The lowest BCUT2D eigenvalue weighted by molar-refractivity contribution is 0.127. The van der Waals surface area contributed by atoms with Crippen LogP contribution in [0, 0.1) is 19.8 Å². The number of likely N-dealkylation sites (tertiary alicyclic amines) is 1. The SMILES string of the molecule is Cc1nn(Cc2ccccc2)c(C)c1CN1CCC(CO)CC1. The van der Waals surface area contributed by atoms with Crippen molar-refractivity contribution in [1.82, 2.24) is 14.7 Å². The summed E-state index contributed by atoms with van der Waals surface area (Å²) >= 11 is 0. The van der Waals surface area contributed by atoms with Crippen molar-refractivity contribution < 1.29 is 5.11 Å². The molecule has 1 saturated heterocycles. The fourth-order valence-corrected chi connectivity index (χ4v) is 3.42. The third-order valence-electron chi connectivity index (χ3n) is 5.05. The summed E-state index contributed by atoms with van der Waals surface area (Å²) in [6.45, 7) is 8.59. The highest BCUT2D eigenvalue weighted by molar-refractivity contribution is 5.26. The highest BCUT2D eigenvalue weighted by Gasteiger charge is 2.21. The maximum atomic E-state index is 9.27. The molecule has 4 heteroatoms. The van der Waals surface area contributed by atoms with Crippen LogP contribution in [-0.2, 0) is 13.1 Å². The van der Waals surface area contributed by atoms with E-state index in [0.29, 0.717) is 12.5 Å². The first-order chi connectivity index (χ1) is 11.2. The van der Waals surface area contributed by atoms with Gasteiger partial charge in [0.15, 0.2) is 0 Å². The number of piperidine rings is 1. The van der Waals surface area contributed by atoms with Gasteiger partial charge < -0.3 is 5.11 Å². The number of rotatable bonds is 5. The zero-order chi connectivity index (χ0) is 16.2. The first-order valence-electron chi connectivity index (χ1n) is 8.57. The second kappa shape index (κ2) is 7.28. The number of hydrogen-bond donors (Lipinski definition) is 1. The van der Waals surface area contributed by atoms with Crippen LogP contribution >= 0.6 is 0 Å². The number of hydrogen-bond acceptors (Lipinski definition) is 3. The molecule has 0 bridgehead atoms. The number of aliphatic hydroxyl groups is 1. The Labute approximate surface area is 138 Å². The Morgan fingerprint density at radius 2 is 1.78 bits per heavy atom. The van der Waals surface area contributed by atoms with Crippen molar-refractivity contribution in [3.8, 4) is 0 Å². The van der Waals surface area contributed by atoms with Crippen LogP contribution in [0.4, 0.5) is 0 Å². The average molecular weight is 313 g/mol. The minimum Gasteiger partial charge on any atom is -0.396 e. The lowest BCUT2D eigenvalue weighted by Crippen LogP contribution is -2.34. The van der Waals surface area contributed by atoms with Crippen molar-refractivity contribution in [3.63, 3.8) is 0 Å². The largest absolute Gasteiger partial charge is 0.396 e. The minimum absolute atomic E-state index is 0.334. The first kappa shape index (κ1) is 16.2. The molecule has 2 heterocycles. The van der Waals surface area contributed by atoms with Crippen molar-refractivity contribution >= 4 is 0 Å². The van der Waals surface area contributed by atoms with E-state index in [4.69, 9.17) is 5.10 Å². The maximum Gasteiger partial charge on any atom is 0.0662 e. The molecule has 1 aromatic heterocycles. The van der Waals surface area contributed by atoms with Crippen LogP contribution in [0.5, 0.6) is 0 Å². The third kappa shape index (κ3) is 3.82. The Balaban J connectivity index is 1.69. The summed E-state index contributed by atoms with van der Waals surface area (Å²) in [4.78, 5) is 2.50. The number of nitrogens with zero attached hydrogens (tertiary/aromatic N) is 3. The van der Waals surface area contributed by atoms with Crippen LogP contribution in [0.3, 0.4) is 0 Å². The number of aromatic nitrogens is 2. The molecule has 0 spiro atoms. The standard InChI is InChI=1S/C19H27N3O/c1-15-19(13-21-10-8-18(14-23)9-11-21)16(2)22(20-15)12-17-6-4-3-5-7-17/h3-7,18,23H,8-14H2,1-2H3. The van der Waals surface area contributed by atoms with Gasteiger partial charge in [-0.05, 0) is 51.3 Å². The molecule has 1 aliphatic heterocycles. The molecule has 4 nitrogen and oxygen atoms in total. The van der Waals surface area contributed by atoms with E-state index in [1.165, 1.54) is 16.8 Å². The Morgan fingerprint density at radius 1 is 1.09 bits per heavy atom. The smallest absolute Gasteiger partial charge is 0.0662 e. The van der Waals surface area contributed by atoms with E-state index in [0.717, 1.165) is 44.7 Å². The molecule has 3 rings (SSSR count). The summed E-state index contributed by atoms with van der Waals surface area (Å²) in [5.74, 6) is 0.495. The van der Waals surface area contributed by atoms with Crippen molar-refractivity contribution in [1.29, 1.82) is 0 Å². The van der Waals surface area contributed by atoms with Gasteiger partial charge in [0.1, 0.15) is 0 Å². The minimum atomic E-state index is 0.334. The van der Waals surface area contributed by atoms with E-state index in [1.807, 2.05) is 6.07 Å². The molecule has 1 fully saturated rings. The second-order valence-electron chi connectivity index (χ2n) is 6.69. The molecule has 2 aromatic rings. The van der Waals surface area contributed by atoms with Crippen LogP contribution < -0.4 is 0 Å². The van der Waals surface area contributed by atoms with E-state index in [1.54, 1.807) is 0 Å². The lowest BCUT2D eigenvalue weighted by Gasteiger charge is -2.31. The molecule has 0 radical (unpaired) electrons. The molecule has 0 amide bonds. The fourth-order valence-electron chi connectivity index (χ4n) is 3.42. The molecule has 0 unspecified atom stereocenters. The summed E-state index contributed by atoms with van der Waals surface area (Å²) < 4.78 is 2.13. The van der Waals surface area contributed by atoms with Gasteiger partial charge in [-0.3, -0.25) is 9.58 Å². The molecule has 23 heavy (non-hydrogen) atoms. The van der Waals surface area contributed by atoms with Gasteiger partial charge in [0, 0.05) is 24.4 Å². The van der Waals surface area contributed by atoms with Crippen molar-refractivity contribution in [2.45, 2.75) is 39.8 Å². The molecule has 0 saturated carbocycles. The quantitative estimate of drug-likeness (QED) is 0.923. The van der Waals surface area contributed by atoms with Crippen molar-refractivity contribution in [2.75, 3.05) is 19.7 Å². The fraction of sp³-hybridized carbons (Fsp3) is 0.526. The summed E-state index contributed by atoms with van der Waals surface area (Å²) in [5, 5.41) is 14.0. The predicted molar refractivity (Wildman–Crippen MR) is 92.3 cm³/mol. The van der Waals surface area contributed by atoms with E-state index in [-0.39, 0.29) is 0 Å². The van der Waals surface area contributed by atoms with Gasteiger partial charge in [0.25, 0.3) is 0 Å². The lowest BCUT2D eigenvalue weighted by atomic mass is 9.97. The zero-order valence-electron chi connectivity index (χ0n) is 14.2. The highest BCUT2D eigenvalue weighted by Crippen LogP contribution is 2.22. The monoisotopic (exact) mass is 313 g/mol. The maximum absolute atomic E-state index is 9.27. The van der Waals surface area contributed by atoms with E-state index >= 15 is 0 Å². The van der Waals surface area contributed by atoms with Crippen LogP contribution in [0.25, 0.3) is 0 Å². The number of aryl methyl sites for hydroxylation is 1. The molecular weight excluding hydrogens is 286 g/mol. The molecular formula is C19H27N3O. The Kier molecular flexibility index (Phi) is 5.13. The van der Waals surface area contributed by atoms with Gasteiger partial charge in [-0.1, -0.05) is 30.3 Å². The van der Waals surface area contributed by atoms with Crippen molar-refractivity contribution in [2.24, 2.45) is 5.92 Å². The molecule has 0 aliphatic carbocycles. The zero-order valence-corrected chi connectivity index (χ0v) is 14.2. The van der Waals surface area contributed by atoms with Crippen LogP contribution in [0.2, 0.25) is 0 Å². The summed E-state index contributed by atoms with van der Waals surface area (Å²) in [7, 11) is 0. The molecule has 1 aliphatic rings. The van der Waals surface area contributed by atoms with Crippen LogP contribution in [-0.4, -0.2) is 39.5 Å². The van der Waals surface area contributed by atoms with E-state index < -0.39 is 0 Å². The summed E-state index contributed by atoms with van der Waals surface area (Å²) in [6.07, 6.45) is 2.21. The van der Waals surface area contributed by atoms with Crippen molar-refractivity contribution in [3.05, 3.63) is 52.8 Å². The van der Waals surface area contributed by atoms with Gasteiger partial charge in [-0.2, -0.15) is 5.10 Å². The van der Waals surface area contributed by atoms with Gasteiger partial charge in [-0.15, -0.1) is 0 Å². The molecule has 1 N–H and O–H groups in total. The van der Waals surface area contributed by atoms with Crippen LogP contribution in [0.1, 0.15) is 35.4 Å². The topological polar surface area (TPSA) is 41.3 Å². The van der Waals surface area contributed by atoms with Gasteiger partial charge in [0.2, 0.25) is 0 Å². The Hall–Kier alpha value is -1.65.